The molecule has 2 unspecified atom stereocenters. The number of halogens is 2. The van der Waals surface area contributed by atoms with Crippen molar-refractivity contribution in [3.8, 4) is 0 Å². The SMILES string of the molecule is CCC(C)C(N)C(=O)Cc1ccc(Br)cc1Cl. The maximum Gasteiger partial charge on any atom is 0.154 e. The third kappa shape index (κ3) is 4.09. The highest BCUT2D eigenvalue weighted by Crippen LogP contribution is 2.22. The summed E-state index contributed by atoms with van der Waals surface area (Å²) in [6.07, 6.45) is 1.21. The van der Waals surface area contributed by atoms with Crippen molar-refractivity contribution in [3.05, 3.63) is 33.3 Å². The molecule has 1 aromatic rings. The minimum Gasteiger partial charge on any atom is -0.321 e. The van der Waals surface area contributed by atoms with Gasteiger partial charge in [0.1, 0.15) is 0 Å². The van der Waals surface area contributed by atoms with E-state index in [1.807, 2.05) is 26.0 Å². The third-order valence-corrected chi connectivity index (χ3v) is 3.85. The van der Waals surface area contributed by atoms with E-state index in [1.54, 1.807) is 6.07 Å². The number of hydrogen-bond acceptors (Lipinski definition) is 2. The summed E-state index contributed by atoms with van der Waals surface area (Å²) in [5.74, 6) is 0.250. The van der Waals surface area contributed by atoms with E-state index in [-0.39, 0.29) is 11.7 Å². The van der Waals surface area contributed by atoms with E-state index in [1.165, 1.54) is 0 Å². The van der Waals surface area contributed by atoms with Crippen molar-refractivity contribution >= 4 is 33.3 Å². The lowest BCUT2D eigenvalue weighted by Gasteiger charge is -2.17. The zero-order valence-corrected chi connectivity index (χ0v) is 12.4. The molecular weight excluding hydrogens is 302 g/mol. The molecular formula is C13H17BrClNO. The van der Waals surface area contributed by atoms with Crippen molar-refractivity contribution < 1.29 is 4.79 Å². The first kappa shape index (κ1) is 14.7. The van der Waals surface area contributed by atoms with Gasteiger partial charge in [-0.3, -0.25) is 4.79 Å². The molecule has 17 heavy (non-hydrogen) atoms. The zero-order valence-electron chi connectivity index (χ0n) is 10.0. The van der Waals surface area contributed by atoms with Crippen molar-refractivity contribution in [2.45, 2.75) is 32.7 Å². The Kier molecular flexibility index (Phi) is 5.63. The molecule has 0 aliphatic heterocycles. The van der Waals surface area contributed by atoms with Crippen LogP contribution in [0.5, 0.6) is 0 Å². The van der Waals surface area contributed by atoms with Crippen LogP contribution in [0.4, 0.5) is 0 Å². The minimum atomic E-state index is -0.403. The van der Waals surface area contributed by atoms with E-state index in [0.29, 0.717) is 11.4 Å². The van der Waals surface area contributed by atoms with Crippen LogP contribution in [0, 0.1) is 5.92 Å². The second kappa shape index (κ2) is 6.53. The minimum absolute atomic E-state index is 0.0450. The summed E-state index contributed by atoms with van der Waals surface area (Å²) in [7, 11) is 0. The molecule has 1 rings (SSSR count). The Morgan fingerprint density at radius 3 is 2.71 bits per heavy atom. The molecule has 0 bridgehead atoms. The standard InChI is InChI=1S/C13H17BrClNO/c1-3-8(2)13(16)12(17)6-9-4-5-10(14)7-11(9)15/h4-5,7-8,13H,3,6,16H2,1-2H3. The van der Waals surface area contributed by atoms with Crippen LogP contribution in [0.2, 0.25) is 5.02 Å². The Bertz CT molecular complexity index is 408. The summed E-state index contributed by atoms with van der Waals surface area (Å²) >= 11 is 9.40. The van der Waals surface area contributed by atoms with Crippen LogP contribution in [0.15, 0.2) is 22.7 Å². The van der Waals surface area contributed by atoms with Crippen LogP contribution in [0.1, 0.15) is 25.8 Å². The van der Waals surface area contributed by atoms with Gasteiger partial charge in [-0.15, -0.1) is 0 Å². The second-order valence-electron chi connectivity index (χ2n) is 4.29. The fourth-order valence-electron chi connectivity index (χ4n) is 1.54. The molecule has 94 valence electrons. The van der Waals surface area contributed by atoms with Crippen LogP contribution in [-0.2, 0) is 11.2 Å². The van der Waals surface area contributed by atoms with Crippen molar-refractivity contribution in [2.24, 2.45) is 11.7 Å². The van der Waals surface area contributed by atoms with E-state index in [4.69, 9.17) is 17.3 Å². The molecule has 4 heteroatoms. The van der Waals surface area contributed by atoms with Gasteiger partial charge in [0.25, 0.3) is 0 Å². The van der Waals surface area contributed by atoms with Crippen LogP contribution in [0.25, 0.3) is 0 Å². The number of carbonyl (C=O) groups excluding carboxylic acids is 1. The smallest absolute Gasteiger partial charge is 0.154 e. The number of carbonyl (C=O) groups is 1. The highest BCUT2D eigenvalue weighted by atomic mass is 79.9. The number of Topliss-reactive ketones (excluding diaryl/α,β-unsaturated/α-hetero) is 1. The van der Waals surface area contributed by atoms with Crippen LogP contribution >= 0.6 is 27.5 Å². The Morgan fingerprint density at radius 1 is 1.53 bits per heavy atom. The lowest BCUT2D eigenvalue weighted by atomic mass is 9.93. The van der Waals surface area contributed by atoms with E-state index >= 15 is 0 Å². The van der Waals surface area contributed by atoms with Gasteiger partial charge in [0.2, 0.25) is 0 Å². The monoisotopic (exact) mass is 317 g/mol. The van der Waals surface area contributed by atoms with E-state index < -0.39 is 6.04 Å². The summed E-state index contributed by atoms with van der Waals surface area (Å²) < 4.78 is 0.907. The molecule has 0 spiro atoms. The first-order valence-corrected chi connectivity index (χ1v) is 6.85. The van der Waals surface area contributed by atoms with Crippen molar-refractivity contribution in [2.75, 3.05) is 0 Å². The quantitative estimate of drug-likeness (QED) is 0.901. The summed E-state index contributed by atoms with van der Waals surface area (Å²) in [5, 5.41) is 0.601. The highest BCUT2D eigenvalue weighted by Gasteiger charge is 2.20. The van der Waals surface area contributed by atoms with Gasteiger partial charge in [-0.1, -0.05) is 53.9 Å². The van der Waals surface area contributed by atoms with Gasteiger partial charge in [0, 0.05) is 15.9 Å². The van der Waals surface area contributed by atoms with Gasteiger partial charge in [-0.05, 0) is 23.6 Å². The van der Waals surface area contributed by atoms with Gasteiger partial charge in [-0.2, -0.15) is 0 Å². The number of hydrogen-bond donors (Lipinski definition) is 1. The molecule has 0 aliphatic carbocycles. The van der Waals surface area contributed by atoms with Crippen LogP contribution in [-0.4, -0.2) is 11.8 Å². The lowest BCUT2D eigenvalue weighted by molar-refractivity contribution is -0.120. The van der Waals surface area contributed by atoms with Crippen molar-refractivity contribution in [1.82, 2.24) is 0 Å². The summed E-state index contributed by atoms with van der Waals surface area (Å²) in [4.78, 5) is 12.0. The van der Waals surface area contributed by atoms with Gasteiger partial charge in [-0.25, -0.2) is 0 Å². The molecule has 0 aliphatic rings. The fraction of sp³-hybridized carbons (Fsp3) is 0.462. The molecule has 2 atom stereocenters. The maximum atomic E-state index is 12.0. The van der Waals surface area contributed by atoms with E-state index in [0.717, 1.165) is 16.5 Å². The first-order chi connectivity index (χ1) is 7.95. The lowest BCUT2D eigenvalue weighted by Crippen LogP contribution is -2.37. The molecule has 0 fully saturated rings. The molecule has 0 radical (unpaired) electrons. The zero-order chi connectivity index (χ0) is 13.0. The van der Waals surface area contributed by atoms with E-state index in [2.05, 4.69) is 15.9 Å². The number of nitrogens with two attached hydrogens (primary N) is 1. The van der Waals surface area contributed by atoms with Gasteiger partial charge >= 0.3 is 0 Å². The molecule has 0 saturated carbocycles. The molecule has 0 aromatic heterocycles. The summed E-state index contributed by atoms with van der Waals surface area (Å²) in [6, 6.07) is 5.12. The summed E-state index contributed by atoms with van der Waals surface area (Å²) in [6.45, 7) is 4.02. The Balaban J connectivity index is 2.74. The molecule has 2 N–H and O–H groups in total. The second-order valence-corrected chi connectivity index (χ2v) is 5.61. The molecule has 0 heterocycles. The fourth-order valence-corrected chi connectivity index (χ4v) is 2.28. The normalized spacial score (nSPS) is 14.4. The number of ketones is 1. The highest BCUT2D eigenvalue weighted by molar-refractivity contribution is 9.10. The van der Waals surface area contributed by atoms with Crippen LogP contribution < -0.4 is 5.73 Å². The third-order valence-electron chi connectivity index (χ3n) is 3.01. The Labute approximate surface area is 116 Å². The topological polar surface area (TPSA) is 43.1 Å². The molecule has 2 nitrogen and oxygen atoms in total. The molecule has 1 aromatic carbocycles. The van der Waals surface area contributed by atoms with Gasteiger partial charge in [0.05, 0.1) is 6.04 Å². The van der Waals surface area contributed by atoms with E-state index in [9.17, 15) is 4.79 Å². The summed E-state index contributed by atoms with van der Waals surface area (Å²) in [5.41, 5.74) is 6.73. The largest absolute Gasteiger partial charge is 0.321 e. The molecule has 0 amide bonds. The van der Waals surface area contributed by atoms with Crippen LogP contribution in [0.3, 0.4) is 0 Å². The predicted octanol–water partition coefficient (Wildman–Crippen LogP) is 3.59. The molecule has 0 saturated heterocycles. The van der Waals surface area contributed by atoms with Gasteiger partial charge in [0.15, 0.2) is 5.78 Å². The van der Waals surface area contributed by atoms with Crippen molar-refractivity contribution in [3.63, 3.8) is 0 Å². The first-order valence-electron chi connectivity index (χ1n) is 5.68. The maximum absolute atomic E-state index is 12.0. The average molecular weight is 319 g/mol. The Morgan fingerprint density at radius 2 is 2.18 bits per heavy atom. The number of benzene rings is 1. The predicted molar refractivity (Wildman–Crippen MR) is 75.3 cm³/mol. The average Bonchev–Trinajstić information content (AvgIpc) is 2.30. The van der Waals surface area contributed by atoms with Crippen molar-refractivity contribution in [1.29, 1.82) is 0 Å². The van der Waals surface area contributed by atoms with Gasteiger partial charge < -0.3 is 5.73 Å². The Hall–Kier alpha value is -0.380. The number of rotatable bonds is 5.